The maximum Gasteiger partial charge on any atom is 0.0936 e. The first-order valence-corrected chi connectivity index (χ1v) is 4.05. The van der Waals surface area contributed by atoms with Gasteiger partial charge in [-0.3, -0.25) is 0 Å². The Balaban J connectivity index is 2.03. The van der Waals surface area contributed by atoms with Gasteiger partial charge in [0.1, 0.15) is 0 Å². The summed E-state index contributed by atoms with van der Waals surface area (Å²) in [5.41, 5.74) is 0. The van der Waals surface area contributed by atoms with Crippen LogP contribution in [0.1, 0.15) is 6.92 Å². The number of hydrogen-bond acceptors (Lipinski definition) is 3. The van der Waals surface area contributed by atoms with E-state index < -0.39 is 0 Å². The van der Waals surface area contributed by atoms with Crippen molar-refractivity contribution in [2.75, 3.05) is 33.9 Å². The average Bonchev–Trinajstić information content (AvgIpc) is 2.71. The van der Waals surface area contributed by atoms with Crippen LogP contribution in [0.3, 0.4) is 0 Å². The molecule has 2 unspecified atom stereocenters. The molecular weight excluding hydrogens is 142 g/mol. The van der Waals surface area contributed by atoms with Crippen molar-refractivity contribution in [2.45, 2.75) is 19.1 Å². The zero-order valence-corrected chi connectivity index (χ0v) is 7.54. The highest BCUT2D eigenvalue weighted by molar-refractivity contribution is 4.73. The molecule has 66 valence electrons. The molecule has 0 aromatic heterocycles. The third kappa shape index (κ3) is 3.70. The summed E-state index contributed by atoms with van der Waals surface area (Å²) in [6.45, 7) is 5.03. The number of hydrogen-bond donors (Lipinski definition) is 0. The van der Waals surface area contributed by atoms with Gasteiger partial charge in [-0.15, -0.1) is 0 Å². The molecule has 3 heteroatoms. The van der Waals surface area contributed by atoms with Crippen LogP contribution in [0.25, 0.3) is 0 Å². The Labute approximate surface area is 68.3 Å². The summed E-state index contributed by atoms with van der Waals surface area (Å²) in [6.07, 6.45) is 0.808. The summed E-state index contributed by atoms with van der Waals surface area (Å²) in [4.78, 5) is 2.24. The van der Waals surface area contributed by atoms with Gasteiger partial charge >= 0.3 is 0 Å². The first-order valence-electron chi connectivity index (χ1n) is 4.05. The lowest BCUT2D eigenvalue weighted by Crippen LogP contribution is -2.31. The van der Waals surface area contributed by atoms with Crippen LogP contribution in [-0.2, 0) is 9.47 Å². The molecule has 1 fully saturated rings. The summed E-state index contributed by atoms with van der Waals surface area (Å²) in [5.74, 6) is 0. The number of methoxy groups -OCH3 is 1. The lowest BCUT2D eigenvalue weighted by molar-refractivity contribution is 0.0835. The molecule has 0 amide bonds. The van der Waals surface area contributed by atoms with Crippen LogP contribution in [0.15, 0.2) is 0 Å². The molecule has 1 rings (SSSR count). The van der Waals surface area contributed by atoms with Gasteiger partial charge in [-0.25, -0.2) is 0 Å². The monoisotopic (exact) mass is 159 g/mol. The molecule has 1 heterocycles. The second kappa shape index (κ2) is 4.04. The molecule has 0 bridgehead atoms. The quantitative estimate of drug-likeness (QED) is 0.541. The number of rotatable bonds is 5. The highest BCUT2D eigenvalue weighted by Gasteiger charge is 2.24. The van der Waals surface area contributed by atoms with Crippen LogP contribution in [0.5, 0.6) is 0 Å². The average molecular weight is 159 g/mol. The predicted molar refractivity (Wildman–Crippen MR) is 43.7 cm³/mol. The van der Waals surface area contributed by atoms with E-state index in [-0.39, 0.29) is 0 Å². The van der Waals surface area contributed by atoms with E-state index in [0.29, 0.717) is 12.2 Å². The van der Waals surface area contributed by atoms with Crippen LogP contribution >= 0.6 is 0 Å². The van der Waals surface area contributed by atoms with Crippen LogP contribution in [0.4, 0.5) is 0 Å². The molecule has 11 heavy (non-hydrogen) atoms. The summed E-state index contributed by atoms with van der Waals surface area (Å²) in [5, 5.41) is 0. The predicted octanol–water partition coefficient (Wildman–Crippen LogP) is 0.352. The normalized spacial score (nSPS) is 25.6. The highest BCUT2D eigenvalue weighted by atomic mass is 16.6. The van der Waals surface area contributed by atoms with Crippen LogP contribution in [0.2, 0.25) is 0 Å². The fourth-order valence-corrected chi connectivity index (χ4v) is 1.11. The van der Waals surface area contributed by atoms with Crippen molar-refractivity contribution in [3.8, 4) is 0 Å². The van der Waals surface area contributed by atoms with Crippen molar-refractivity contribution >= 4 is 0 Å². The molecule has 0 aromatic rings. The van der Waals surface area contributed by atoms with E-state index in [1.54, 1.807) is 7.11 Å². The molecule has 1 saturated heterocycles. The van der Waals surface area contributed by atoms with Gasteiger partial charge in [0.2, 0.25) is 0 Å². The van der Waals surface area contributed by atoms with Gasteiger partial charge in [-0.1, -0.05) is 0 Å². The Morgan fingerprint density at radius 2 is 2.36 bits per heavy atom. The molecule has 0 N–H and O–H groups in total. The Bertz CT molecular complexity index is 115. The zero-order chi connectivity index (χ0) is 8.27. The maximum atomic E-state index is 5.14. The molecule has 2 atom stereocenters. The third-order valence-electron chi connectivity index (χ3n) is 1.89. The Morgan fingerprint density at radius 1 is 1.73 bits per heavy atom. The Kier molecular flexibility index (Phi) is 3.30. The number of ether oxygens (including phenoxy) is 2. The molecule has 1 aliphatic heterocycles. The van der Waals surface area contributed by atoms with E-state index >= 15 is 0 Å². The summed E-state index contributed by atoms with van der Waals surface area (Å²) < 4.78 is 10.3. The second-order valence-electron chi connectivity index (χ2n) is 3.22. The van der Waals surface area contributed by atoms with Gasteiger partial charge in [0, 0.05) is 20.2 Å². The first-order chi connectivity index (χ1) is 5.22. The number of nitrogens with zero attached hydrogens (tertiary/aromatic N) is 1. The van der Waals surface area contributed by atoms with Crippen molar-refractivity contribution in [1.29, 1.82) is 0 Å². The van der Waals surface area contributed by atoms with E-state index in [9.17, 15) is 0 Å². The lowest BCUT2D eigenvalue weighted by atomic mass is 10.3. The topological polar surface area (TPSA) is 25.0 Å². The summed E-state index contributed by atoms with van der Waals surface area (Å²) >= 11 is 0. The van der Waals surface area contributed by atoms with E-state index in [4.69, 9.17) is 9.47 Å². The standard InChI is InChI=1S/C8H17NO2/c1-7(10-3)4-9(2)5-8-6-11-8/h7-8H,4-6H2,1-3H3. The molecule has 0 aromatic carbocycles. The van der Waals surface area contributed by atoms with Crippen LogP contribution < -0.4 is 0 Å². The fourth-order valence-electron chi connectivity index (χ4n) is 1.11. The first kappa shape index (κ1) is 8.97. The number of likely N-dealkylation sites (N-methyl/N-ethyl adjacent to an activating group) is 1. The largest absolute Gasteiger partial charge is 0.380 e. The zero-order valence-electron chi connectivity index (χ0n) is 7.54. The third-order valence-corrected chi connectivity index (χ3v) is 1.89. The van der Waals surface area contributed by atoms with Crippen molar-refractivity contribution < 1.29 is 9.47 Å². The van der Waals surface area contributed by atoms with E-state index in [0.717, 1.165) is 19.7 Å². The van der Waals surface area contributed by atoms with Crippen molar-refractivity contribution in [3.63, 3.8) is 0 Å². The summed E-state index contributed by atoms with van der Waals surface area (Å²) in [7, 11) is 3.84. The molecule has 0 radical (unpaired) electrons. The van der Waals surface area contributed by atoms with E-state index in [1.807, 2.05) is 0 Å². The molecule has 0 saturated carbocycles. The fraction of sp³-hybridized carbons (Fsp3) is 1.00. The lowest BCUT2D eigenvalue weighted by Gasteiger charge is -2.18. The molecule has 1 aliphatic rings. The molecular formula is C8H17NO2. The SMILES string of the molecule is COC(C)CN(C)CC1CO1. The molecule has 0 aliphatic carbocycles. The smallest absolute Gasteiger partial charge is 0.0936 e. The maximum absolute atomic E-state index is 5.14. The van der Waals surface area contributed by atoms with Gasteiger partial charge in [0.05, 0.1) is 18.8 Å². The molecule has 0 spiro atoms. The van der Waals surface area contributed by atoms with E-state index in [2.05, 4.69) is 18.9 Å². The number of epoxide rings is 1. The second-order valence-corrected chi connectivity index (χ2v) is 3.22. The van der Waals surface area contributed by atoms with Crippen LogP contribution in [0, 0.1) is 0 Å². The van der Waals surface area contributed by atoms with Gasteiger partial charge in [-0.2, -0.15) is 0 Å². The van der Waals surface area contributed by atoms with Crippen molar-refractivity contribution in [3.05, 3.63) is 0 Å². The van der Waals surface area contributed by atoms with Gasteiger partial charge < -0.3 is 14.4 Å². The molecule has 3 nitrogen and oxygen atoms in total. The van der Waals surface area contributed by atoms with Gasteiger partial charge in [0.25, 0.3) is 0 Å². The minimum Gasteiger partial charge on any atom is -0.380 e. The van der Waals surface area contributed by atoms with Crippen LogP contribution in [-0.4, -0.2) is 51.0 Å². The minimum absolute atomic E-state index is 0.318. The van der Waals surface area contributed by atoms with Crippen molar-refractivity contribution in [1.82, 2.24) is 4.90 Å². The Hall–Kier alpha value is -0.120. The summed E-state index contributed by atoms with van der Waals surface area (Å²) in [6, 6.07) is 0. The minimum atomic E-state index is 0.318. The highest BCUT2D eigenvalue weighted by Crippen LogP contribution is 2.09. The Morgan fingerprint density at radius 3 is 2.82 bits per heavy atom. The van der Waals surface area contributed by atoms with E-state index in [1.165, 1.54) is 0 Å². The van der Waals surface area contributed by atoms with Gasteiger partial charge in [0.15, 0.2) is 0 Å². The van der Waals surface area contributed by atoms with Gasteiger partial charge in [-0.05, 0) is 14.0 Å². The van der Waals surface area contributed by atoms with Crippen molar-refractivity contribution in [2.24, 2.45) is 0 Å².